The largest absolute Gasteiger partial charge is 0.481 e. The van der Waals surface area contributed by atoms with Crippen LogP contribution < -0.4 is 27.4 Å². The number of carbonyl (C=O) groups excluding carboxylic acids is 4. The van der Waals surface area contributed by atoms with E-state index in [0.717, 1.165) is 0 Å². The molecule has 0 spiro atoms. The van der Waals surface area contributed by atoms with Gasteiger partial charge >= 0.3 is 11.9 Å². The summed E-state index contributed by atoms with van der Waals surface area (Å²) in [6, 6.07) is -5.37. The van der Waals surface area contributed by atoms with E-state index in [1.165, 1.54) is 6.92 Å². The molecule has 0 aliphatic rings. The topological polar surface area (TPSA) is 251 Å². The molecule has 0 rings (SSSR count). The Balaban J connectivity index is 4.79. The van der Waals surface area contributed by atoms with E-state index >= 15 is 0 Å². The van der Waals surface area contributed by atoms with Crippen LogP contribution in [0.25, 0.3) is 0 Å². The van der Waals surface area contributed by atoms with Crippen molar-refractivity contribution >= 4 is 35.6 Å². The Hall–Kier alpha value is -3.26. The molecule has 30 heavy (non-hydrogen) atoms. The van der Waals surface area contributed by atoms with Gasteiger partial charge in [-0.1, -0.05) is 0 Å². The number of hydrogen-bond donors (Lipinski definition) is 8. The van der Waals surface area contributed by atoms with Gasteiger partial charge in [0.2, 0.25) is 23.6 Å². The van der Waals surface area contributed by atoms with E-state index in [0.29, 0.717) is 0 Å². The van der Waals surface area contributed by atoms with Crippen LogP contribution in [0.4, 0.5) is 0 Å². The molecule has 0 aromatic heterocycles. The van der Waals surface area contributed by atoms with E-state index in [1.807, 2.05) is 0 Å². The van der Waals surface area contributed by atoms with Gasteiger partial charge in [0.05, 0.1) is 12.6 Å². The molecule has 4 atom stereocenters. The normalized spacial score (nSPS) is 14.5. The Morgan fingerprint density at radius 3 is 1.87 bits per heavy atom. The van der Waals surface area contributed by atoms with Crippen molar-refractivity contribution in [2.45, 2.75) is 56.8 Å². The second kappa shape index (κ2) is 13.1. The van der Waals surface area contributed by atoms with Gasteiger partial charge in [-0.2, -0.15) is 0 Å². The minimum atomic E-state index is -1.48. The van der Waals surface area contributed by atoms with Crippen molar-refractivity contribution in [3.63, 3.8) is 0 Å². The number of nitrogens with two attached hydrogens (primary N) is 2. The lowest BCUT2D eigenvalue weighted by Gasteiger charge is -2.22. The molecule has 0 bridgehead atoms. The number of primary amides is 1. The van der Waals surface area contributed by atoms with Crippen LogP contribution in [-0.4, -0.2) is 81.7 Å². The van der Waals surface area contributed by atoms with Crippen molar-refractivity contribution in [1.29, 1.82) is 0 Å². The summed E-state index contributed by atoms with van der Waals surface area (Å²) < 4.78 is 0. The predicted molar refractivity (Wildman–Crippen MR) is 99.5 cm³/mol. The Morgan fingerprint density at radius 1 is 0.833 bits per heavy atom. The van der Waals surface area contributed by atoms with Crippen LogP contribution in [0.3, 0.4) is 0 Å². The summed E-state index contributed by atoms with van der Waals surface area (Å²) in [6.45, 7) is 0.392. The van der Waals surface area contributed by atoms with Crippen molar-refractivity contribution in [2.75, 3.05) is 6.61 Å². The molecule has 0 aromatic rings. The Labute approximate surface area is 171 Å². The number of carboxylic acids is 2. The number of carboxylic acid groups (broad SMARTS) is 2. The second-order valence-corrected chi connectivity index (χ2v) is 6.42. The molecule has 14 heteroatoms. The zero-order chi connectivity index (χ0) is 23.4. The predicted octanol–water partition coefficient (Wildman–Crippen LogP) is -4.00. The number of amides is 4. The minimum absolute atomic E-state index is 0.193. The molecule has 0 fully saturated rings. The summed E-state index contributed by atoms with van der Waals surface area (Å²) in [5.74, 6) is -6.03. The number of nitrogens with one attached hydrogen (secondary N) is 3. The molecular formula is C16H27N5O9. The van der Waals surface area contributed by atoms with Gasteiger partial charge in [0.25, 0.3) is 0 Å². The van der Waals surface area contributed by atoms with Crippen molar-refractivity contribution in [2.24, 2.45) is 11.5 Å². The zero-order valence-corrected chi connectivity index (χ0v) is 16.3. The molecule has 0 heterocycles. The van der Waals surface area contributed by atoms with Crippen molar-refractivity contribution in [1.82, 2.24) is 16.0 Å². The summed E-state index contributed by atoms with van der Waals surface area (Å²) in [4.78, 5) is 68.6. The summed E-state index contributed by atoms with van der Waals surface area (Å²) in [5.41, 5.74) is 10.5. The maximum Gasteiger partial charge on any atom is 0.326 e. The van der Waals surface area contributed by atoms with Gasteiger partial charge < -0.3 is 42.7 Å². The highest BCUT2D eigenvalue weighted by molar-refractivity contribution is 5.94. The highest BCUT2D eigenvalue weighted by Crippen LogP contribution is 2.00. The monoisotopic (exact) mass is 433 g/mol. The maximum atomic E-state index is 12.2. The third kappa shape index (κ3) is 10.3. The van der Waals surface area contributed by atoms with Crippen molar-refractivity contribution in [3.8, 4) is 0 Å². The van der Waals surface area contributed by atoms with Crippen molar-refractivity contribution in [3.05, 3.63) is 0 Å². The molecule has 14 nitrogen and oxygen atoms in total. The molecule has 0 radical (unpaired) electrons. The summed E-state index contributed by atoms with van der Waals surface area (Å²) in [7, 11) is 0. The highest BCUT2D eigenvalue weighted by atomic mass is 16.4. The molecule has 0 aromatic carbocycles. The van der Waals surface area contributed by atoms with Crippen LogP contribution in [0.1, 0.15) is 32.6 Å². The van der Waals surface area contributed by atoms with Gasteiger partial charge in [0.1, 0.15) is 18.1 Å². The number of hydrogen-bond acceptors (Lipinski definition) is 8. The number of aliphatic hydroxyl groups excluding tert-OH is 1. The van der Waals surface area contributed by atoms with Crippen molar-refractivity contribution < 1.29 is 44.1 Å². The van der Waals surface area contributed by atoms with Gasteiger partial charge in [0, 0.05) is 12.8 Å². The number of aliphatic carboxylic acids is 2. The lowest BCUT2D eigenvalue weighted by Crippen LogP contribution is -2.57. The van der Waals surface area contributed by atoms with E-state index in [-0.39, 0.29) is 25.7 Å². The zero-order valence-electron chi connectivity index (χ0n) is 16.3. The standard InChI is InChI=1S/C16H27N5O9/c1-7(13(26)20-9(16(29)30)3-4-11(18)23)19-15(28)10(6-22)21-14(27)8(17)2-5-12(24)25/h7-10,22H,2-6,17H2,1H3,(H2,18,23)(H,19,28)(H,20,26)(H,21,27)(H,24,25)(H,29,30). The van der Waals surface area contributed by atoms with Gasteiger partial charge in [-0.15, -0.1) is 0 Å². The first-order chi connectivity index (χ1) is 13.9. The quantitative estimate of drug-likeness (QED) is 0.132. The minimum Gasteiger partial charge on any atom is -0.481 e. The van der Waals surface area contributed by atoms with E-state index in [9.17, 15) is 33.9 Å². The third-order valence-electron chi connectivity index (χ3n) is 3.87. The van der Waals surface area contributed by atoms with Crippen LogP contribution in [0.2, 0.25) is 0 Å². The number of carbonyl (C=O) groups is 6. The number of rotatable bonds is 14. The van der Waals surface area contributed by atoms with Crippen LogP contribution in [0.5, 0.6) is 0 Å². The van der Waals surface area contributed by atoms with E-state index in [4.69, 9.17) is 21.7 Å². The second-order valence-electron chi connectivity index (χ2n) is 6.42. The fraction of sp³-hybridized carbons (Fsp3) is 0.625. The Morgan fingerprint density at radius 2 is 1.40 bits per heavy atom. The Bertz CT molecular complexity index is 669. The first kappa shape index (κ1) is 26.7. The van der Waals surface area contributed by atoms with Gasteiger partial charge in [-0.25, -0.2) is 4.79 Å². The first-order valence-corrected chi connectivity index (χ1v) is 8.89. The smallest absolute Gasteiger partial charge is 0.326 e. The molecule has 0 aliphatic carbocycles. The molecule has 0 saturated carbocycles. The molecule has 170 valence electrons. The van der Waals surface area contributed by atoms with Crippen LogP contribution >= 0.6 is 0 Å². The average Bonchev–Trinajstić information content (AvgIpc) is 2.65. The first-order valence-electron chi connectivity index (χ1n) is 8.89. The van der Waals surface area contributed by atoms with Gasteiger partial charge in [-0.05, 0) is 19.8 Å². The van der Waals surface area contributed by atoms with Crippen LogP contribution in [-0.2, 0) is 28.8 Å². The SMILES string of the molecule is CC(NC(=O)C(CO)NC(=O)C(N)CCC(=O)O)C(=O)NC(CCC(N)=O)C(=O)O. The van der Waals surface area contributed by atoms with Gasteiger partial charge in [0.15, 0.2) is 0 Å². The molecule has 4 amide bonds. The van der Waals surface area contributed by atoms with E-state index < -0.39 is 66.3 Å². The van der Waals surface area contributed by atoms with Crippen LogP contribution in [0.15, 0.2) is 0 Å². The average molecular weight is 433 g/mol. The Kier molecular flexibility index (Phi) is 11.6. The molecule has 10 N–H and O–H groups in total. The molecule has 0 saturated heterocycles. The summed E-state index contributed by atoms with van der Waals surface area (Å²) in [5, 5.41) is 33.4. The highest BCUT2D eigenvalue weighted by Gasteiger charge is 2.28. The van der Waals surface area contributed by atoms with Gasteiger partial charge in [-0.3, -0.25) is 24.0 Å². The van der Waals surface area contributed by atoms with Crippen LogP contribution in [0, 0.1) is 0 Å². The third-order valence-corrected chi connectivity index (χ3v) is 3.87. The number of aliphatic hydroxyl groups is 1. The molecular weight excluding hydrogens is 406 g/mol. The van der Waals surface area contributed by atoms with E-state index in [2.05, 4.69) is 16.0 Å². The lowest BCUT2D eigenvalue weighted by molar-refractivity contribution is -0.142. The maximum absolute atomic E-state index is 12.2. The fourth-order valence-corrected chi connectivity index (χ4v) is 2.10. The summed E-state index contributed by atoms with van der Waals surface area (Å²) in [6.07, 6.45) is -1.09. The summed E-state index contributed by atoms with van der Waals surface area (Å²) >= 11 is 0. The van der Waals surface area contributed by atoms with E-state index in [1.54, 1.807) is 0 Å². The fourth-order valence-electron chi connectivity index (χ4n) is 2.10. The molecule has 0 aliphatic heterocycles. The molecule has 4 unspecified atom stereocenters. The lowest BCUT2D eigenvalue weighted by atomic mass is 10.1.